The molecule has 0 aromatic heterocycles. The first-order valence-electron chi connectivity index (χ1n) is 15.9. The Morgan fingerprint density at radius 3 is 2.25 bits per heavy atom. The summed E-state index contributed by atoms with van der Waals surface area (Å²) in [5.41, 5.74) is 2.43. The molecule has 0 aliphatic heterocycles. The van der Waals surface area contributed by atoms with Crippen LogP contribution in [0.25, 0.3) is 0 Å². The van der Waals surface area contributed by atoms with Gasteiger partial charge in [0, 0.05) is 29.1 Å². The number of hydrogen-bond acceptors (Lipinski definition) is 5. The molecule has 4 aromatic rings. The maximum Gasteiger partial charge on any atom is 0.264 e. The predicted molar refractivity (Wildman–Crippen MR) is 190 cm³/mol. The minimum Gasteiger partial charge on any atom is -0.495 e. The molecule has 252 valence electrons. The molecule has 8 nitrogen and oxygen atoms in total. The van der Waals surface area contributed by atoms with Crippen molar-refractivity contribution in [2.75, 3.05) is 18.0 Å². The van der Waals surface area contributed by atoms with Crippen LogP contribution in [-0.4, -0.2) is 50.9 Å². The summed E-state index contributed by atoms with van der Waals surface area (Å²) in [6, 6.07) is 26.5. The molecule has 1 aliphatic rings. The Labute approximate surface area is 292 Å². The summed E-state index contributed by atoms with van der Waals surface area (Å²) in [6.45, 7) is 1.19. The van der Waals surface area contributed by atoms with E-state index < -0.39 is 28.5 Å². The zero-order valence-corrected chi connectivity index (χ0v) is 29.3. The molecule has 0 radical (unpaired) electrons. The summed E-state index contributed by atoms with van der Waals surface area (Å²) in [5, 5.41) is 3.85. The highest BCUT2D eigenvalue weighted by Crippen LogP contribution is 2.35. The van der Waals surface area contributed by atoms with Crippen LogP contribution >= 0.6 is 23.2 Å². The molecule has 11 heteroatoms. The van der Waals surface area contributed by atoms with Gasteiger partial charge in [0.1, 0.15) is 18.3 Å². The lowest BCUT2D eigenvalue weighted by Gasteiger charge is -2.34. The minimum absolute atomic E-state index is 0.00201. The molecule has 0 bridgehead atoms. The number of anilines is 1. The number of carbonyl (C=O) groups excluding carboxylic acids is 2. The summed E-state index contributed by atoms with van der Waals surface area (Å²) >= 11 is 13.0. The van der Waals surface area contributed by atoms with Crippen molar-refractivity contribution in [2.24, 2.45) is 0 Å². The number of carbonyl (C=O) groups is 2. The van der Waals surface area contributed by atoms with E-state index in [1.54, 1.807) is 48.5 Å². The first kappa shape index (κ1) is 35.3. The van der Waals surface area contributed by atoms with Gasteiger partial charge >= 0.3 is 0 Å². The van der Waals surface area contributed by atoms with Gasteiger partial charge in [-0.05, 0) is 67.3 Å². The Hall–Kier alpha value is -4.05. The molecule has 1 saturated carbocycles. The number of aryl methyl sites for hydroxylation is 1. The fraction of sp³-hybridized carbons (Fsp3) is 0.297. The van der Waals surface area contributed by atoms with Gasteiger partial charge in [-0.15, -0.1) is 0 Å². The summed E-state index contributed by atoms with van der Waals surface area (Å²) in [7, 11) is -2.92. The normalized spacial score (nSPS) is 13.9. The quantitative estimate of drug-likeness (QED) is 0.159. The summed E-state index contributed by atoms with van der Waals surface area (Å²) < 4.78 is 35.3. The lowest BCUT2D eigenvalue weighted by atomic mass is 10.0. The molecule has 1 N–H and O–H groups in total. The number of nitrogens with zero attached hydrogens (tertiary/aromatic N) is 2. The number of nitrogens with one attached hydrogen (secondary N) is 1. The minimum atomic E-state index is -4.33. The first-order chi connectivity index (χ1) is 23.1. The van der Waals surface area contributed by atoms with E-state index in [1.807, 2.05) is 37.3 Å². The van der Waals surface area contributed by atoms with E-state index in [9.17, 15) is 18.0 Å². The van der Waals surface area contributed by atoms with E-state index >= 15 is 0 Å². The fourth-order valence-corrected chi connectivity index (χ4v) is 7.72. The van der Waals surface area contributed by atoms with E-state index in [-0.39, 0.29) is 46.3 Å². The van der Waals surface area contributed by atoms with Gasteiger partial charge in [0.25, 0.3) is 10.0 Å². The third-order valence-electron chi connectivity index (χ3n) is 8.57. The van der Waals surface area contributed by atoms with Crippen LogP contribution in [0.5, 0.6) is 5.75 Å². The molecule has 1 atom stereocenters. The van der Waals surface area contributed by atoms with Crippen molar-refractivity contribution < 1.29 is 22.7 Å². The van der Waals surface area contributed by atoms with Crippen molar-refractivity contribution in [1.82, 2.24) is 10.2 Å². The van der Waals surface area contributed by atoms with Crippen LogP contribution < -0.4 is 14.4 Å². The zero-order chi connectivity index (χ0) is 34.3. The van der Waals surface area contributed by atoms with Crippen LogP contribution in [0.1, 0.15) is 42.4 Å². The van der Waals surface area contributed by atoms with Crippen molar-refractivity contribution >= 4 is 50.7 Å². The largest absolute Gasteiger partial charge is 0.495 e. The third-order valence-corrected chi connectivity index (χ3v) is 10.9. The van der Waals surface area contributed by atoms with Crippen molar-refractivity contribution in [3.8, 4) is 5.75 Å². The van der Waals surface area contributed by atoms with E-state index in [2.05, 4.69) is 5.32 Å². The van der Waals surface area contributed by atoms with Gasteiger partial charge < -0.3 is 15.0 Å². The molecule has 0 heterocycles. The second kappa shape index (κ2) is 15.9. The van der Waals surface area contributed by atoms with Crippen LogP contribution in [0.3, 0.4) is 0 Å². The molecule has 0 spiro atoms. The fourth-order valence-electron chi connectivity index (χ4n) is 5.94. The van der Waals surface area contributed by atoms with Crippen LogP contribution in [0.2, 0.25) is 10.0 Å². The predicted octanol–water partition coefficient (Wildman–Crippen LogP) is 7.20. The average Bonchev–Trinajstić information content (AvgIpc) is 3.59. The number of amides is 2. The molecule has 48 heavy (non-hydrogen) atoms. The van der Waals surface area contributed by atoms with Crippen molar-refractivity contribution in [3.63, 3.8) is 0 Å². The second-order valence-corrected chi connectivity index (χ2v) is 14.7. The number of halogens is 2. The smallest absolute Gasteiger partial charge is 0.264 e. The topological polar surface area (TPSA) is 96.0 Å². The number of ether oxygens (including phenoxy) is 1. The molecule has 1 fully saturated rings. The van der Waals surface area contributed by atoms with Crippen LogP contribution in [0, 0.1) is 6.92 Å². The third kappa shape index (κ3) is 8.50. The highest BCUT2D eigenvalue weighted by molar-refractivity contribution is 7.92. The number of hydrogen-bond donors (Lipinski definition) is 1. The van der Waals surface area contributed by atoms with E-state index in [4.69, 9.17) is 27.9 Å². The van der Waals surface area contributed by atoms with E-state index in [0.717, 1.165) is 41.1 Å². The van der Waals surface area contributed by atoms with Gasteiger partial charge in [-0.25, -0.2) is 8.42 Å². The lowest BCUT2D eigenvalue weighted by Crippen LogP contribution is -2.54. The Morgan fingerprint density at radius 1 is 0.917 bits per heavy atom. The summed E-state index contributed by atoms with van der Waals surface area (Å²) in [6.07, 6.45) is 3.97. The van der Waals surface area contributed by atoms with Crippen molar-refractivity contribution in [2.45, 2.75) is 62.6 Å². The highest BCUT2D eigenvalue weighted by atomic mass is 35.5. The number of benzene rings is 4. The van der Waals surface area contributed by atoms with Crippen LogP contribution in [0.4, 0.5) is 5.69 Å². The first-order valence-corrected chi connectivity index (χ1v) is 18.1. The molecule has 0 unspecified atom stereocenters. The molecule has 0 saturated heterocycles. The Bertz CT molecular complexity index is 1830. The highest BCUT2D eigenvalue weighted by Gasteiger charge is 2.36. The van der Waals surface area contributed by atoms with Crippen LogP contribution in [-0.2, 0) is 32.6 Å². The number of sulfonamides is 1. The Kier molecular flexibility index (Phi) is 11.7. The standard InChI is InChI=1S/C37H39Cl2N3O5S/c1-26-16-19-31(20-17-26)48(45,46)42(33-23-29(38)18-21-35(33)47-2)25-36(43)41(24-28-12-6-9-15-32(28)39)34(22-27-10-4-3-5-11-27)37(44)40-30-13-7-8-14-30/h3-6,9-12,15-21,23,30,34H,7-8,13-14,22,24-25H2,1-2H3,(H,40,44)/t34-/m0/s1. The van der Waals surface area contributed by atoms with Gasteiger partial charge in [0.15, 0.2) is 0 Å². The molecule has 1 aliphatic carbocycles. The number of rotatable bonds is 13. The molecular weight excluding hydrogens is 669 g/mol. The second-order valence-electron chi connectivity index (χ2n) is 11.9. The molecule has 4 aromatic carbocycles. The summed E-state index contributed by atoms with van der Waals surface area (Å²) in [4.78, 5) is 30.3. The van der Waals surface area contributed by atoms with Crippen molar-refractivity contribution in [1.29, 1.82) is 0 Å². The summed E-state index contributed by atoms with van der Waals surface area (Å²) in [5.74, 6) is -0.699. The Balaban J connectivity index is 1.61. The van der Waals surface area contributed by atoms with E-state index in [1.165, 1.54) is 30.2 Å². The molecular formula is C37H39Cl2N3O5S. The SMILES string of the molecule is COc1ccc(Cl)cc1N(CC(=O)N(Cc1ccccc1Cl)[C@@H](Cc1ccccc1)C(=O)NC1CCCC1)S(=O)(=O)c1ccc(C)cc1. The maximum absolute atomic E-state index is 14.8. The van der Waals surface area contributed by atoms with Gasteiger partial charge in [-0.1, -0.05) is 102 Å². The van der Waals surface area contributed by atoms with Crippen molar-refractivity contribution in [3.05, 3.63) is 124 Å². The van der Waals surface area contributed by atoms with Gasteiger partial charge in [0.2, 0.25) is 11.8 Å². The Morgan fingerprint density at radius 2 is 1.58 bits per heavy atom. The maximum atomic E-state index is 14.8. The monoisotopic (exact) mass is 707 g/mol. The van der Waals surface area contributed by atoms with Gasteiger partial charge in [-0.3, -0.25) is 13.9 Å². The van der Waals surface area contributed by atoms with E-state index in [0.29, 0.717) is 10.6 Å². The molecule has 5 rings (SSSR count). The van der Waals surface area contributed by atoms with Gasteiger partial charge in [0.05, 0.1) is 17.7 Å². The van der Waals surface area contributed by atoms with Crippen LogP contribution in [0.15, 0.2) is 102 Å². The lowest BCUT2D eigenvalue weighted by molar-refractivity contribution is -0.140. The molecule has 2 amide bonds. The number of methoxy groups -OCH3 is 1. The van der Waals surface area contributed by atoms with Gasteiger partial charge in [-0.2, -0.15) is 0 Å². The average molecular weight is 709 g/mol. The zero-order valence-electron chi connectivity index (χ0n) is 26.9.